The van der Waals surface area contributed by atoms with Crippen molar-refractivity contribution in [1.29, 1.82) is 0 Å². The molecule has 0 spiro atoms. The zero-order chi connectivity index (χ0) is 21.5. The molecule has 30 heavy (non-hydrogen) atoms. The van der Waals surface area contributed by atoms with Crippen molar-refractivity contribution in [2.24, 2.45) is 0 Å². The fraction of sp³-hybridized carbons (Fsp3) is 0.682. The van der Waals surface area contributed by atoms with Crippen molar-refractivity contribution in [3.8, 4) is 0 Å². The first-order valence-corrected chi connectivity index (χ1v) is 11.9. The molecule has 3 rings (SSSR count). The van der Waals surface area contributed by atoms with Crippen LogP contribution < -0.4 is 5.56 Å². The average molecular weight is 436 g/mol. The molecule has 0 radical (unpaired) electrons. The summed E-state index contributed by atoms with van der Waals surface area (Å²) >= 11 is 1.64. The highest BCUT2D eigenvalue weighted by molar-refractivity contribution is 7.18. The Balaban J connectivity index is 1.89. The molecular weight excluding hydrogens is 402 g/mol. The molecule has 8 heteroatoms. The second-order valence-electron chi connectivity index (χ2n) is 7.60. The number of ether oxygens (including phenoxy) is 2. The molecule has 2 aromatic rings. The first-order valence-electron chi connectivity index (χ1n) is 11.1. The van der Waals surface area contributed by atoms with Crippen LogP contribution in [0.15, 0.2) is 4.79 Å². The molecule has 2 aromatic heterocycles. The van der Waals surface area contributed by atoms with E-state index in [1.54, 1.807) is 11.3 Å². The van der Waals surface area contributed by atoms with Crippen molar-refractivity contribution in [1.82, 2.24) is 14.5 Å². The summed E-state index contributed by atoms with van der Waals surface area (Å²) in [5.74, 6) is 0.206. The molecule has 2 heterocycles. The van der Waals surface area contributed by atoms with Crippen molar-refractivity contribution in [2.75, 3.05) is 32.9 Å². The lowest BCUT2D eigenvalue weighted by molar-refractivity contribution is -0.146. The topological polar surface area (TPSA) is 73.7 Å². The molecule has 0 amide bonds. The standard InChI is InChI=1S/C22H33N3O4S/c1-4-11-28-12-13-29-19(26)15-25-18(14-24(5-2)6-3)23-21-20(22(25)27)16-9-7-8-10-17(16)30-21/h4-15H2,1-3H3. The van der Waals surface area contributed by atoms with E-state index in [0.717, 1.165) is 55.6 Å². The molecular formula is C22H33N3O4S. The highest BCUT2D eigenvalue weighted by Crippen LogP contribution is 2.33. The number of hydrogen-bond acceptors (Lipinski definition) is 7. The van der Waals surface area contributed by atoms with Gasteiger partial charge in [-0.15, -0.1) is 11.3 Å². The quantitative estimate of drug-likeness (QED) is 0.399. The van der Waals surface area contributed by atoms with Crippen molar-refractivity contribution in [3.05, 3.63) is 26.6 Å². The van der Waals surface area contributed by atoms with Gasteiger partial charge < -0.3 is 9.47 Å². The SMILES string of the molecule is CCCOCCOC(=O)Cn1c(CN(CC)CC)nc2sc3c(c2c1=O)CCCC3. The fourth-order valence-corrected chi connectivity index (χ4v) is 5.12. The molecule has 0 unspecified atom stereocenters. The number of nitrogens with zero attached hydrogens (tertiary/aromatic N) is 3. The summed E-state index contributed by atoms with van der Waals surface area (Å²) in [6.45, 7) is 9.53. The van der Waals surface area contributed by atoms with E-state index in [1.807, 2.05) is 6.92 Å². The zero-order valence-corrected chi connectivity index (χ0v) is 19.2. The van der Waals surface area contributed by atoms with E-state index < -0.39 is 5.97 Å². The lowest BCUT2D eigenvalue weighted by Gasteiger charge is -2.20. The van der Waals surface area contributed by atoms with Crippen molar-refractivity contribution < 1.29 is 14.3 Å². The lowest BCUT2D eigenvalue weighted by atomic mass is 9.97. The third-order valence-corrected chi connectivity index (χ3v) is 6.73. The number of aromatic nitrogens is 2. The van der Waals surface area contributed by atoms with E-state index in [2.05, 4.69) is 18.7 Å². The van der Waals surface area contributed by atoms with Crippen LogP contribution in [0.3, 0.4) is 0 Å². The van der Waals surface area contributed by atoms with E-state index in [1.165, 1.54) is 9.44 Å². The van der Waals surface area contributed by atoms with Crippen LogP contribution in [0.1, 0.15) is 56.3 Å². The summed E-state index contributed by atoms with van der Waals surface area (Å²) in [6, 6.07) is 0. The third-order valence-electron chi connectivity index (χ3n) is 5.54. The molecule has 0 bridgehead atoms. The van der Waals surface area contributed by atoms with E-state index in [9.17, 15) is 9.59 Å². The first kappa shape index (κ1) is 22.9. The maximum Gasteiger partial charge on any atom is 0.326 e. The van der Waals surface area contributed by atoms with E-state index in [-0.39, 0.29) is 18.7 Å². The Labute approximate surface area is 182 Å². The number of hydrogen-bond donors (Lipinski definition) is 0. The van der Waals surface area contributed by atoms with Gasteiger partial charge >= 0.3 is 5.97 Å². The van der Waals surface area contributed by atoms with Gasteiger partial charge in [0.2, 0.25) is 0 Å². The van der Waals surface area contributed by atoms with Crippen LogP contribution >= 0.6 is 11.3 Å². The maximum atomic E-state index is 13.5. The first-order chi connectivity index (χ1) is 14.6. The van der Waals surface area contributed by atoms with Gasteiger partial charge in [-0.3, -0.25) is 19.1 Å². The van der Waals surface area contributed by atoms with Crippen molar-refractivity contribution >= 4 is 27.5 Å². The Hall–Kier alpha value is -1.77. The zero-order valence-electron chi connectivity index (χ0n) is 18.4. The monoisotopic (exact) mass is 435 g/mol. The van der Waals surface area contributed by atoms with Gasteiger partial charge in [-0.1, -0.05) is 20.8 Å². The minimum atomic E-state index is -0.428. The number of carbonyl (C=O) groups excluding carboxylic acids is 1. The molecule has 1 aliphatic rings. The minimum Gasteiger partial charge on any atom is -0.462 e. The molecule has 0 aromatic carbocycles. The number of rotatable bonds is 11. The predicted octanol–water partition coefficient (Wildman–Crippen LogP) is 3.15. The van der Waals surface area contributed by atoms with Crippen LogP contribution in [-0.2, 0) is 40.2 Å². The highest BCUT2D eigenvalue weighted by Gasteiger charge is 2.23. The number of fused-ring (bicyclic) bond motifs is 3. The summed E-state index contributed by atoms with van der Waals surface area (Å²) in [6.07, 6.45) is 5.11. The van der Waals surface area contributed by atoms with Crippen LogP contribution in [-0.4, -0.2) is 53.3 Å². The summed E-state index contributed by atoms with van der Waals surface area (Å²) in [5, 5.41) is 0.706. The number of esters is 1. The highest BCUT2D eigenvalue weighted by atomic mass is 32.1. The molecule has 7 nitrogen and oxygen atoms in total. The van der Waals surface area contributed by atoms with Crippen LogP contribution in [0, 0.1) is 0 Å². The van der Waals surface area contributed by atoms with Gasteiger partial charge in [-0.25, -0.2) is 4.98 Å². The molecule has 0 N–H and O–H groups in total. The van der Waals surface area contributed by atoms with Gasteiger partial charge in [-0.05, 0) is 50.8 Å². The van der Waals surface area contributed by atoms with Gasteiger partial charge in [-0.2, -0.15) is 0 Å². The average Bonchev–Trinajstić information content (AvgIpc) is 3.12. The van der Waals surface area contributed by atoms with E-state index in [0.29, 0.717) is 31.0 Å². The Bertz CT molecular complexity index is 917. The Morgan fingerprint density at radius 1 is 1.13 bits per heavy atom. The predicted molar refractivity (Wildman–Crippen MR) is 119 cm³/mol. The second-order valence-corrected chi connectivity index (χ2v) is 8.69. The van der Waals surface area contributed by atoms with Gasteiger partial charge in [0, 0.05) is 11.5 Å². The van der Waals surface area contributed by atoms with Gasteiger partial charge in [0.05, 0.1) is 18.5 Å². The molecule has 0 saturated heterocycles. The Morgan fingerprint density at radius 3 is 2.63 bits per heavy atom. The van der Waals surface area contributed by atoms with Crippen LogP contribution in [0.5, 0.6) is 0 Å². The van der Waals surface area contributed by atoms with Gasteiger partial charge in [0.1, 0.15) is 23.8 Å². The third kappa shape index (κ3) is 5.28. The number of thiophene rings is 1. The smallest absolute Gasteiger partial charge is 0.326 e. The molecule has 1 aliphatic carbocycles. The van der Waals surface area contributed by atoms with Crippen LogP contribution in [0.25, 0.3) is 10.2 Å². The van der Waals surface area contributed by atoms with E-state index in [4.69, 9.17) is 14.5 Å². The Morgan fingerprint density at radius 2 is 1.90 bits per heavy atom. The molecule has 0 aliphatic heterocycles. The van der Waals surface area contributed by atoms with Gasteiger partial charge in [0.15, 0.2) is 0 Å². The van der Waals surface area contributed by atoms with E-state index >= 15 is 0 Å². The van der Waals surface area contributed by atoms with Crippen molar-refractivity contribution in [3.63, 3.8) is 0 Å². The molecule has 0 fully saturated rings. The Kier molecular flexibility index (Phi) is 8.41. The largest absolute Gasteiger partial charge is 0.462 e. The fourth-order valence-electron chi connectivity index (χ4n) is 3.85. The number of carbonyl (C=O) groups is 1. The van der Waals surface area contributed by atoms with Crippen LogP contribution in [0.2, 0.25) is 0 Å². The second kappa shape index (κ2) is 11.0. The maximum absolute atomic E-state index is 13.5. The molecule has 0 saturated carbocycles. The normalized spacial score (nSPS) is 13.7. The van der Waals surface area contributed by atoms with Gasteiger partial charge in [0.25, 0.3) is 5.56 Å². The summed E-state index contributed by atoms with van der Waals surface area (Å²) < 4.78 is 12.2. The van der Waals surface area contributed by atoms with Crippen LogP contribution in [0.4, 0.5) is 0 Å². The molecule has 0 atom stereocenters. The minimum absolute atomic E-state index is 0.110. The summed E-state index contributed by atoms with van der Waals surface area (Å²) in [7, 11) is 0. The summed E-state index contributed by atoms with van der Waals surface area (Å²) in [4.78, 5) is 35.1. The summed E-state index contributed by atoms with van der Waals surface area (Å²) in [5.41, 5.74) is 1.03. The molecule has 166 valence electrons. The lowest BCUT2D eigenvalue weighted by Crippen LogP contribution is -2.33. The number of aryl methyl sites for hydroxylation is 2. The van der Waals surface area contributed by atoms with Crippen molar-refractivity contribution in [2.45, 2.75) is 66.0 Å².